The molecule has 3 aromatic carbocycles. The quantitative estimate of drug-likeness (QED) is 0.193. The number of aromatic nitrogens is 2. The smallest absolute Gasteiger partial charge is 0.430 e. The molecule has 2 N–H and O–H groups in total. The topological polar surface area (TPSA) is 121 Å². The number of hydrogen-bond acceptors (Lipinski definition) is 7. The number of fused-ring (bicyclic) bond motifs is 8. The second kappa shape index (κ2) is 16.9. The fourth-order valence-corrected chi connectivity index (χ4v) is 5.57. The number of pyridine rings is 2. The average Bonchev–Trinajstić information content (AvgIpc) is 3.09. The van der Waals surface area contributed by atoms with Gasteiger partial charge in [-0.1, -0.05) is 42.5 Å². The van der Waals surface area contributed by atoms with E-state index in [-0.39, 0.29) is 0 Å². The van der Waals surface area contributed by atoms with Crippen LogP contribution in [0.15, 0.2) is 91.3 Å². The van der Waals surface area contributed by atoms with Crippen molar-refractivity contribution in [3.05, 3.63) is 102 Å². The molecule has 7 rings (SSSR count). The van der Waals surface area contributed by atoms with E-state index in [2.05, 4.69) is 111 Å². The highest BCUT2D eigenvalue weighted by Crippen LogP contribution is 2.29. The van der Waals surface area contributed by atoms with E-state index in [9.17, 15) is 26.3 Å². The summed E-state index contributed by atoms with van der Waals surface area (Å²) in [4.78, 5) is 17.6. The lowest BCUT2D eigenvalue weighted by Crippen LogP contribution is -2.37. The minimum Gasteiger partial charge on any atom is -0.542 e. The number of carbonyl (C=O) groups excluding carboxylic acids is 2. The van der Waals surface area contributed by atoms with Gasteiger partial charge in [0.2, 0.25) is 11.0 Å². The van der Waals surface area contributed by atoms with E-state index in [0.717, 1.165) is 54.2 Å². The average molecular weight is 717 g/mol. The van der Waals surface area contributed by atoms with Gasteiger partial charge < -0.3 is 35.2 Å². The summed E-state index contributed by atoms with van der Waals surface area (Å²) >= 11 is 0. The lowest BCUT2D eigenvalue weighted by atomic mass is 10.1. The second-order valence-corrected chi connectivity index (χ2v) is 11.3. The van der Waals surface area contributed by atoms with Gasteiger partial charge in [-0.05, 0) is 18.6 Å². The van der Waals surface area contributed by atoms with Crippen molar-refractivity contribution in [3.63, 3.8) is 0 Å². The first kappa shape index (κ1) is 38.2. The number of carboxylic acids is 2. The van der Waals surface area contributed by atoms with Crippen LogP contribution in [-0.4, -0.2) is 31.4 Å². The molecule has 0 aliphatic carbocycles. The fourth-order valence-electron chi connectivity index (χ4n) is 5.57. The van der Waals surface area contributed by atoms with E-state index in [1.807, 2.05) is 0 Å². The Bertz CT molecular complexity index is 1850. The molecule has 0 spiro atoms. The number of carbonyl (C=O) groups is 2. The van der Waals surface area contributed by atoms with Gasteiger partial charge in [0.25, 0.3) is 0 Å². The molecule has 2 aromatic heterocycles. The molecule has 9 nitrogen and oxygen atoms in total. The number of carboxylic acid groups (broad SMARTS) is 2. The molecule has 51 heavy (non-hydrogen) atoms. The second-order valence-electron chi connectivity index (χ2n) is 11.3. The minimum absolute atomic E-state index is 0.694. The molecule has 6 bridgehead atoms. The molecule has 0 saturated carbocycles. The van der Waals surface area contributed by atoms with Gasteiger partial charge >= 0.3 is 12.4 Å². The largest absolute Gasteiger partial charge is 0.542 e. The van der Waals surface area contributed by atoms with Crippen molar-refractivity contribution >= 4 is 45.1 Å². The predicted octanol–water partition coefficient (Wildman–Crippen LogP) is 4.58. The molecule has 0 amide bonds. The Morgan fingerprint density at radius 2 is 1.02 bits per heavy atom. The van der Waals surface area contributed by atoms with Gasteiger partial charge in [0, 0.05) is 61.3 Å². The Labute approximate surface area is 288 Å². The van der Waals surface area contributed by atoms with Crippen LogP contribution >= 0.6 is 0 Å². The number of rotatable bonds is 1. The zero-order valence-electron chi connectivity index (χ0n) is 27.3. The fraction of sp³-hybridized carbons (Fsp3) is 0.278. The molecule has 5 aromatic rings. The summed E-state index contributed by atoms with van der Waals surface area (Å²) < 4.78 is 73.8. The van der Waals surface area contributed by atoms with Crippen molar-refractivity contribution < 1.29 is 60.0 Å². The standard InChI is InChI=1S/C32H32N4O.2C2HF3O2/c1-37-32-24-10-9-11-25(32)23-34-29-17-21-36(31-15-6-4-13-27(29)31)19-8-2-7-18-35-20-16-28(33-22-24)26-12-3-5-14-30(26)35;2*3-2(4,5)1(6)7/h3-6,9-17,20-21H,2,7-8,18-19,22-23H2,1H3;2*(H,6,7). The zero-order chi connectivity index (χ0) is 37.2. The maximum atomic E-state index is 10.5. The molecule has 0 unspecified atom stereocenters. The third-order valence-corrected chi connectivity index (χ3v) is 7.93. The van der Waals surface area contributed by atoms with Crippen molar-refractivity contribution in [1.29, 1.82) is 0 Å². The van der Waals surface area contributed by atoms with Gasteiger partial charge in [-0.15, -0.1) is 0 Å². The molecule has 4 heterocycles. The van der Waals surface area contributed by atoms with Crippen LogP contribution in [0.25, 0.3) is 21.8 Å². The summed E-state index contributed by atoms with van der Waals surface area (Å²) in [5.74, 6) is -5.08. The number of ether oxygens (including phenoxy) is 1. The van der Waals surface area contributed by atoms with E-state index in [1.165, 1.54) is 28.2 Å². The molecule has 15 heteroatoms. The van der Waals surface area contributed by atoms with Gasteiger partial charge in [-0.3, -0.25) is 0 Å². The Balaban J connectivity index is 0.000000353. The van der Waals surface area contributed by atoms with E-state index < -0.39 is 24.3 Å². The van der Waals surface area contributed by atoms with Crippen LogP contribution in [0.1, 0.15) is 30.4 Å². The van der Waals surface area contributed by atoms with Gasteiger partial charge in [0.15, 0.2) is 12.4 Å². The number of hydrogen-bond donors (Lipinski definition) is 2. The molecule has 2 aliphatic heterocycles. The Morgan fingerprint density at radius 1 is 0.627 bits per heavy atom. The van der Waals surface area contributed by atoms with Crippen molar-refractivity contribution in [2.75, 3.05) is 17.7 Å². The minimum atomic E-state index is -5.19. The van der Waals surface area contributed by atoms with Gasteiger partial charge in [0.05, 0.1) is 29.3 Å². The first-order chi connectivity index (χ1) is 24.2. The van der Waals surface area contributed by atoms with Crippen LogP contribution < -0.4 is 34.7 Å². The molecule has 0 radical (unpaired) electrons. The lowest BCUT2D eigenvalue weighted by Gasteiger charge is -2.17. The van der Waals surface area contributed by atoms with E-state index in [0.29, 0.717) is 13.1 Å². The number of aliphatic carboxylic acids is 2. The Kier molecular flexibility index (Phi) is 12.6. The van der Waals surface area contributed by atoms with E-state index in [1.54, 1.807) is 7.11 Å². The molecule has 0 atom stereocenters. The van der Waals surface area contributed by atoms with Crippen molar-refractivity contribution in [2.45, 2.75) is 57.8 Å². The van der Waals surface area contributed by atoms with Gasteiger partial charge in [-0.2, -0.15) is 35.5 Å². The number of methoxy groups -OCH3 is 1. The summed E-state index contributed by atoms with van der Waals surface area (Å²) in [6, 6.07) is 28.2. The van der Waals surface area contributed by atoms with Crippen molar-refractivity contribution in [2.24, 2.45) is 0 Å². The van der Waals surface area contributed by atoms with Gasteiger partial charge in [0.1, 0.15) is 30.8 Å². The third kappa shape index (κ3) is 10.2. The highest BCUT2D eigenvalue weighted by Gasteiger charge is 2.29. The number of halogens is 6. The number of alkyl halides is 6. The zero-order valence-corrected chi connectivity index (χ0v) is 27.3. The van der Waals surface area contributed by atoms with Crippen molar-refractivity contribution in [3.8, 4) is 5.75 Å². The normalized spacial score (nSPS) is 13.5. The van der Waals surface area contributed by atoms with Gasteiger partial charge in [-0.25, -0.2) is 0 Å². The SMILES string of the molecule is COc1c2cccc1CNc1cc[n+](c3ccccc13)CCCCC[n+]1ccc(c3ccccc31)NC2.O=C([O-])C(F)(F)F.O=C([O-])C(F)(F)F. The van der Waals surface area contributed by atoms with Crippen LogP contribution in [-0.2, 0) is 35.8 Å². The number of benzene rings is 3. The summed E-state index contributed by atoms with van der Waals surface area (Å²) in [6.45, 7) is 3.43. The molecule has 2 aliphatic rings. The number of anilines is 2. The Hall–Kier alpha value is -5.60. The third-order valence-electron chi connectivity index (χ3n) is 7.93. The number of para-hydroxylation sites is 3. The summed E-state index contributed by atoms with van der Waals surface area (Å²) in [5, 5.41) is 27.4. The maximum Gasteiger partial charge on any atom is 0.430 e. The van der Waals surface area contributed by atoms with Crippen LogP contribution in [0.2, 0.25) is 0 Å². The molecule has 270 valence electrons. The number of nitrogens with zero attached hydrogens (tertiary/aromatic N) is 2. The first-order valence-corrected chi connectivity index (χ1v) is 15.7. The summed E-state index contributed by atoms with van der Waals surface area (Å²) in [5.41, 5.74) is 7.12. The van der Waals surface area contributed by atoms with E-state index >= 15 is 0 Å². The molecule has 0 fully saturated rings. The maximum absolute atomic E-state index is 10.5. The number of nitrogens with one attached hydrogen (secondary N) is 2. The first-order valence-electron chi connectivity index (χ1n) is 15.7. The molecular weight excluding hydrogens is 682 g/mol. The van der Waals surface area contributed by atoms with Crippen molar-refractivity contribution in [1.82, 2.24) is 0 Å². The van der Waals surface area contributed by atoms with E-state index in [4.69, 9.17) is 24.5 Å². The van der Waals surface area contributed by atoms with Crippen LogP contribution in [0.5, 0.6) is 5.75 Å². The highest BCUT2D eigenvalue weighted by molar-refractivity contribution is 5.89. The Morgan fingerprint density at radius 3 is 1.39 bits per heavy atom. The highest BCUT2D eigenvalue weighted by atomic mass is 19.4. The van der Waals surface area contributed by atoms with Crippen LogP contribution in [0.3, 0.4) is 0 Å². The number of aryl methyl sites for hydroxylation is 2. The predicted molar refractivity (Wildman–Crippen MR) is 172 cm³/mol. The van der Waals surface area contributed by atoms with Crippen LogP contribution in [0, 0.1) is 0 Å². The van der Waals surface area contributed by atoms with Crippen LogP contribution in [0.4, 0.5) is 37.7 Å². The summed E-state index contributed by atoms with van der Waals surface area (Å²) in [7, 11) is 1.77. The molecule has 0 saturated heterocycles. The monoisotopic (exact) mass is 716 g/mol. The molecular formula is C36H34F6N4O5. The summed E-state index contributed by atoms with van der Waals surface area (Å²) in [6.07, 6.45) is -2.44. The lowest BCUT2D eigenvalue weighted by molar-refractivity contribution is -0.675.